The number of hydrogen-bond donors (Lipinski definition) is 2. The van der Waals surface area contributed by atoms with Crippen molar-refractivity contribution < 1.29 is 9.53 Å². The quantitative estimate of drug-likeness (QED) is 0.916. The number of primary amides is 1. The molecule has 1 aliphatic rings. The second-order valence-corrected chi connectivity index (χ2v) is 5.44. The minimum Gasteiger partial charge on any atom is -0.493 e. The lowest BCUT2D eigenvalue weighted by Crippen LogP contribution is -2.50. The van der Waals surface area contributed by atoms with Gasteiger partial charge >= 0.3 is 0 Å². The van der Waals surface area contributed by atoms with Gasteiger partial charge in [-0.2, -0.15) is 0 Å². The van der Waals surface area contributed by atoms with Crippen LogP contribution in [0, 0.1) is 0 Å². The summed E-state index contributed by atoms with van der Waals surface area (Å²) in [6.45, 7) is 0.424. The van der Waals surface area contributed by atoms with E-state index in [4.69, 9.17) is 22.1 Å². The summed E-state index contributed by atoms with van der Waals surface area (Å²) < 4.78 is 5.62. The maximum atomic E-state index is 12.2. The Morgan fingerprint density at radius 3 is 2.81 bits per heavy atom. The van der Waals surface area contributed by atoms with Crippen LogP contribution in [-0.4, -0.2) is 12.5 Å². The molecule has 3 rings (SSSR count). The molecule has 108 valence electrons. The molecule has 5 heteroatoms. The van der Waals surface area contributed by atoms with Gasteiger partial charge in [0.1, 0.15) is 11.3 Å². The Hall–Kier alpha value is -2.20. The van der Waals surface area contributed by atoms with Crippen LogP contribution in [-0.2, 0) is 10.3 Å². The number of nitrogens with one attached hydrogen (secondary N) is 1. The molecule has 0 saturated heterocycles. The van der Waals surface area contributed by atoms with E-state index in [-0.39, 0.29) is 0 Å². The lowest BCUT2D eigenvalue weighted by atomic mass is 9.83. The first-order valence-corrected chi connectivity index (χ1v) is 7.05. The molecule has 2 aromatic carbocycles. The van der Waals surface area contributed by atoms with E-state index in [0.717, 1.165) is 11.3 Å². The molecular weight excluding hydrogens is 288 g/mol. The molecule has 1 unspecified atom stereocenters. The Labute approximate surface area is 127 Å². The molecule has 21 heavy (non-hydrogen) atoms. The highest BCUT2D eigenvalue weighted by Crippen LogP contribution is 2.39. The molecule has 1 amide bonds. The third kappa shape index (κ3) is 2.43. The number of anilines is 1. The highest BCUT2D eigenvalue weighted by Gasteiger charge is 2.43. The second-order valence-electron chi connectivity index (χ2n) is 5.00. The Bertz CT molecular complexity index is 689. The van der Waals surface area contributed by atoms with Gasteiger partial charge in [0.25, 0.3) is 0 Å². The van der Waals surface area contributed by atoms with Crippen LogP contribution in [0.5, 0.6) is 5.75 Å². The fourth-order valence-corrected chi connectivity index (χ4v) is 2.84. The zero-order valence-electron chi connectivity index (χ0n) is 11.3. The van der Waals surface area contributed by atoms with Gasteiger partial charge in [0.15, 0.2) is 0 Å². The molecule has 0 fully saturated rings. The third-order valence-electron chi connectivity index (χ3n) is 3.68. The van der Waals surface area contributed by atoms with E-state index in [9.17, 15) is 4.79 Å². The van der Waals surface area contributed by atoms with Crippen LogP contribution in [0.25, 0.3) is 0 Å². The van der Waals surface area contributed by atoms with E-state index in [1.165, 1.54) is 0 Å². The van der Waals surface area contributed by atoms with Crippen molar-refractivity contribution in [3.8, 4) is 5.75 Å². The lowest BCUT2D eigenvalue weighted by molar-refractivity contribution is -0.123. The molecule has 0 bridgehead atoms. The van der Waals surface area contributed by atoms with Gasteiger partial charge in [-0.05, 0) is 24.3 Å². The molecule has 0 spiro atoms. The van der Waals surface area contributed by atoms with E-state index < -0.39 is 11.4 Å². The molecule has 1 atom stereocenters. The molecule has 0 saturated carbocycles. The van der Waals surface area contributed by atoms with Crippen LogP contribution in [0.15, 0.2) is 48.5 Å². The minimum absolute atomic E-state index is 0.424. The van der Waals surface area contributed by atoms with Gasteiger partial charge in [0.2, 0.25) is 5.91 Å². The average Bonchev–Trinajstić information content (AvgIpc) is 2.47. The zero-order valence-corrected chi connectivity index (χ0v) is 12.1. The summed E-state index contributed by atoms with van der Waals surface area (Å²) in [5, 5.41) is 3.85. The van der Waals surface area contributed by atoms with Crippen molar-refractivity contribution in [2.24, 2.45) is 5.73 Å². The van der Waals surface area contributed by atoms with Crippen LogP contribution in [0.2, 0.25) is 5.02 Å². The van der Waals surface area contributed by atoms with Gasteiger partial charge in [0, 0.05) is 22.7 Å². The summed E-state index contributed by atoms with van der Waals surface area (Å²) in [5.41, 5.74) is 6.23. The highest BCUT2D eigenvalue weighted by molar-refractivity contribution is 6.30. The molecule has 3 N–H and O–H groups in total. The topological polar surface area (TPSA) is 64.4 Å². The zero-order chi connectivity index (χ0) is 14.9. The number of benzene rings is 2. The average molecular weight is 303 g/mol. The number of hydrogen-bond acceptors (Lipinski definition) is 3. The SMILES string of the molecule is NC(=O)C1(Nc2cccc(Cl)c2)CCOc2ccccc21. The summed E-state index contributed by atoms with van der Waals surface area (Å²) in [6.07, 6.45) is 0.464. The van der Waals surface area contributed by atoms with Crippen LogP contribution >= 0.6 is 11.6 Å². The Kier molecular flexibility index (Phi) is 3.47. The van der Waals surface area contributed by atoms with Crippen molar-refractivity contribution in [2.75, 3.05) is 11.9 Å². The van der Waals surface area contributed by atoms with E-state index in [0.29, 0.717) is 23.8 Å². The number of halogens is 1. The summed E-state index contributed by atoms with van der Waals surface area (Å²) in [7, 11) is 0. The van der Waals surface area contributed by atoms with Crippen molar-refractivity contribution in [3.63, 3.8) is 0 Å². The predicted octanol–water partition coefficient (Wildman–Crippen LogP) is 2.92. The Balaban J connectivity index is 2.08. The maximum absolute atomic E-state index is 12.2. The highest BCUT2D eigenvalue weighted by atomic mass is 35.5. The van der Waals surface area contributed by atoms with Crippen LogP contribution in [0.3, 0.4) is 0 Å². The number of ether oxygens (including phenoxy) is 1. The molecule has 0 aliphatic carbocycles. The third-order valence-corrected chi connectivity index (χ3v) is 3.92. The van der Waals surface area contributed by atoms with Gasteiger partial charge in [-0.3, -0.25) is 4.79 Å². The smallest absolute Gasteiger partial charge is 0.248 e. The fraction of sp³-hybridized carbons (Fsp3) is 0.188. The van der Waals surface area contributed by atoms with E-state index in [1.54, 1.807) is 12.1 Å². The number of amides is 1. The second kappa shape index (κ2) is 5.30. The first kappa shape index (κ1) is 13.8. The normalized spacial score (nSPS) is 20.2. The summed E-state index contributed by atoms with van der Waals surface area (Å²) in [4.78, 5) is 12.2. The van der Waals surface area contributed by atoms with E-state index in [2.05, 4.69) is 5.32 Å². The Morgan fingerprint density at radius 2 is 2.05 bits per heavy atom. The van der Waals surface area contributed by atoms with Gasteiger partial charge in [-0.15, -0.1) is 0 Å². The summed E-state index contributed by atoms with van der Waals surface area (Å²) >= 11 is 6.01. The number of nitrogens with two attached hydrogens (primary N) is 1. The molecule has 4 nitrogen and oxygen atoms in total. The number of fused-ring (bicyclic) bond motifs is 1. The summed E-state index contributed by atoms with van der Waals surface area (Å²) in [5.74, 6) is 0.246. The number of carbonyl (C=O) groups is 1. The maximum Gasteiger partial charge on any atom is 0.248 e. The van der Waals surface area contributed by atoms with Gasteiger partial charge < -0.3 is 15.8 Å². The first-order chi connectivity index (χ1) is 10.1. The summed E-state index contributed by atoms with van der Waals surface area (Å²) in [6, 6.07) is 14.7. The Morgan fingerprint density at radius 1 is 1.24 bits per heavy atom. The first-order valence-electron chi connectivity index (χ1n) is 6.68. The minimum atomic E-state index is -0.987. The number of para-hydroxylation sites is 1. The van der Waals surface area contributed by atoms with Crippen molar-refractivity contribution in [1.82, 2.24) is 0 Å². The predicted molar refractivity (Wildman–Crippen MR) is 82.5 cm³/mol. The van der Waals surface area contributed by atoms with Gasteiger partial charge in [-0.1, -0.05) is 35.9 Å². The van der Waals surface area contributed by atoms with E-state index in [1.807, 2.05) is 36.4 Å². The van der Waals surface area contributed by atoms with Crippen LogP contribution in [0.4, 0.5) is 5.69 Å². The molecule has 0 aromatic heterocycles. The standard InChI is InChI=1S/C16H15ClN2O2/c17-11-4-3-5-12(10-11)19-16(15(18)20)8-9-21-14-7-2-1-6-13(14)16/h1-7,10,19H,8-9H2,(H2,18,20). The molecule has 2 aromatic rings. The molecular formula is C16H15ClN2O2. The monoisotopic (exact) mass is 302 g/mol. The molecule has 1 heterocycles. The number of carbonyl (C=O) groups excluding carboxylic acids is 1. The molecule has 1 aliphatic heterocycles. The van der Waals surface area contributed by atoms with E-state index >= 15 is 0 Å². The van der Waals surface area contributed by atoms with Crippen molar-refractivity contribution >= 4 is 23.2 Å². The van der Waals surface area contributed by atoms with Crippen molar-refractivity contribution in [2.45, 2.75) is 12.0 Å². The van der Waals surface area contributed by atoms with Crippen LogP contribution in [0.1, 0.15) is 12.0 Å². The van der Waals surface area contributed by atoms with Crippen LogP contribution < -0.4 is 15.8 Å². The van der Waals surface area contributed by atoms with Crippen molar-refractivity contribution in [1.29, 1.82) is 0 Å². The molecule has 0 radical (unpaired) electrons. The largest absolute Gasteiger partial charge is 0.493 e. The lowest BCUT2D eigenvalue weighted by Gasteiger charge is -2.37. The fourth-order valence-electron chi connectivity index (χ4n) is 2.65. The number of rotatable bonds is 3. The van der Waals surface area contributed by atoms with Gasteiger partial charge in [0.05, 0.1) is 6.61 Å². The van der Waals surface area contributed by atoms with Gasteiger partial charge in [-0.25, -0.2) is 0 Å². The van der Waals surface area contributed by atoms with Crippen molar-refractivity contribution in [3.05, 3.63) is 59.1 Å².